The van der Waals surface area contributed by atoms with Gasteiger partial charge in [0.1, 0.15) is 0 Å². The normalized spacial score (nSPS) is 30.3. The first-order valence-corrected chi connectivity index (χ1v) is 16.4. The Labute approximate surface area is 169 Å². The number of fused-ring (bicyclic) bond motifs is 1. The smallest absolute Gasteiger partial charge is 0.193 e. The summed E-state index contributed by atoms with van der Waals surface area (Å²) >= 11 is 0. The zero-order chi connectivity index (χ0) is 21.0. The van der Waals surface area contributed by atoms with Gasteiger partial charge >= 0.3 is 0 Å². The largest absolute Gasteiger partial charge is 0.411 e. The molecule has 1 saturated carbocycles. The van der Waals surface area contributed by atoms with Crippen LogP contribution in [0.3, 0.4) is 0 Å². The Morgan fingerprint density at radius 2 is 1.37 bits per heavy atom. The zero-order valence-electron chi connectivity index (χ0n) is 19.5. The second-order valence-corrected chi connectivity index (χ2v) is 21.2. The Bertz CT molecular complexity index is 608. The lowest BCUT2D eigenvalue weighted by Crippen LogP contribution is -2.54. The van der Waals surface area contributed by atoms with Crippen LogP contribution in [0.4, 0.5) is 0 Å². The van der Waals surface area contributed by atoms with Crippen LogP contribution < -0.4 is 0 Å². The third kappa shape index (κ3) is 4.52. The molecular formula is C22H42O3Si2. The molecule has 0 bridgehead atoms. The van der Waals surface area contributed by atoms with Gasteiger partial charge in [0.25, 0.3) is 0 Å². The quantitative estimate of drug-likeness (QED) is 0.508. The Morgan fingerprint density at radius 1 is 0.889 bits per heavy atom. The fourth-order valence-electron chi connectivity index (χ4n) is 3.62. The molecule has 0 N–H and O–H groups in total. The lowest BCUT2D eigenvalue weighted by atomic mass is 9.78. The van der Waals surface area contributed by atoms with Gasteiger partial charge in [-0.1, -0.05) is 48.5 Å². The van der Waals surface area contributed by atoms with Crippen LogP contribution >= 0.6 is 0 Å². The van der Waals surface area contributed by atoms with Crippen LogP contribution in [-0.4, -0.2) is 34.6 Å². The topological polar surface area (TPSA) is 35.5 Å². The maximum absolute atomic E-state index is 12.4. The average Bonchev–Trinajstić information content (AvgIpc) is 2.74. The molecule has 3 nitrogen and oxygen atoms in total. The second kappa shape index (κ2) is 7.22. The second-order valence-electron chi connectivity index (χ2n) is 11.7. The number of carbonyl (C=O) groups excluding carboxylic acids is 1. The Morgan fingerprint density at radius 3 is 1.85 bits per heavy atom. The summed E-state index contributed by atoms with van der Waals surface area (Å²) in [6.45, 7) is 25.0. The number of ketones is 1. The van der Waals surface area contributed by atoms with Crippen molar-refractivity contribution in [3.8, 4) is 0 Å². The molecule has 5 heteroatoms. The Balaban J connectivity index is 2.38. The number of rotatable bonds is 4. The fraction of sp³-hybridized carbons (Fsp3) is 0.864. The van der Waals surface area contributed by atoms with E-state index in [0.717, 1.165) is 12.8 Å². The summed E-state index contributed by atoms with van der Waals surface area (Å²) in [6, 6.07) is 0. The summed E-state index contributed by atoms with van der Waals surface area (Å²) in [7, 11) is -3.89. The molecule has 0 radical (unpaired) electrons. The summed E-state index contributed by atoms with van der Waals surface area (Å²) in [6.07, 6.45) is 3.93. The highest BCUT2D eigenvalue weighted by atomic mass is 28.4. The van der Waals surface area contributed by atoms with E-state index in [0.29, 0.717) is 5.92 Å². The first kappa shape index (κ1) is 23.0. The summed E-state index contributed by atoms with van der Waals surface area (Å²) < 4.78 is 13.8. The lowest BCUT2D eigenvalue weighted by Gasteiger charge is -2.48. The maximum atomic E-state index is 12.4. The monoisotopic (exact) mass is 410 g/mol. The Kier molecular flexibility index (Phi) is 6.17. The van der Waals surface area contributed by atoms with Gasteiger partial charge in [-0.3, -0.25) is 4.79 Å². The molecule has 2 aliphatic carbocycles. The van der Waals surface area contributed by atoms with E-state index in [1.165, 1.54) is 5.57 Å². The highest BCUT2D eigenvalue weighted by Gasteiger charge is 2.50. The molecule has 2 aliphatic rings. The maximum Gasteiger partial charge on any atom is 0.193 e. The number of hydrogen-bond acceptors (Lipinski definition) is 3. The first-order chi connectivity index (χ1) is 12.0. The van der Waals surface area contributed by atoms with Gasteiger partial charge < -0.3 is 8.85 Å². The van der Waals surface area contributed by atoms with E-state index in [-0.39, 0.29) is 34.0 Å². The van der Waals surface area contributed by atoms with Gasteiger partial charge in [-0.15, -0.1) is 0 Å². The van der Waals surface area contributed by atoms with Crippen molar-refractivity contribution >= 4 is 22.4 Å². The predicted octanol–water partition coefficient (Wildman–Crippen LogP) is 6.32. The molecule has 0 spiro atoms. The van der Waals surface area contributed by atoms with Crippen molar-refractivity contribution in [2.75, 3.05) is 0 Å². The molecule has 156 valence electrons. The standard InChI is InChI=1S/C22H42O3Si2/c1-15-16-12-13-19(24-26(8,9)21(2,3)4)20(17(16)14-18(15)23)25-27(10,11)22(5,6)7/h14-16,19-20H,12-13H2,1-11H3/t15-,16+,19+,20+/m1/s1. The van der Waals surface area contributed by atoms with Gasteiger partial charge in [-0.25, -0.2) is 0 Å². The molecular weight excluding hydrogens is 368 g/mol. The molecule has 0 aromatic carbocycles. The first-order valence-electron chi connectivity index (χ1n) is 10.6. The van der Waals surface area contributed by atoms with Crippen molar-refractivity contribution in [3.63, 3.8) is 0 Å². The third-order valence-electron chi connectivity index (χ3n) is 7.70. The molecule has 0 heterocycles. The van der Waals surface area contributed by atoms with Gasteiger partial charge in [0.15, 0.2) is 22.4 Å². The van der Waals surface area contributed by atoms with Gasteiger partial charge in [-0.05, 0) is 66.7 Å². The van der Waals surface area contributed by atoms with Gasteiger partial charge in [0, 0.05) is 5.92 Å². The van der Waals surface area contributed by atoms with E-state index in [2.05, 4.69) is 74.7 Å². The molecule has 27 heavy (non-hydrogen) atoms. The summed E-state index contributed by atoms with van der Waals surface area (Å²) in [5.74, 6) is 0.706. The van der Waals surface area contributed by atoms with E-state index in [1.807, 2.05) is 6.08 Å². The average molecular weight is 411 g/mol. The van der Waals surface area contributed by atoms with Crippen LogP contribution in [0.25, 0.3) is 0 Å². The van der Waals surface area contributed by atoms with E-state index in [1.54, 1.807) is 0 Å². The molecule has 0 aromatic rings. The van der Waals surface area contributed by atoms with Crippen LogP contribution in [0.1, 0.15) is 61.3 Å². The molecule has 0 unspecified atom stereocenters. The number of allylic oxidation sites excluding steroid dienone is 1. The van der Waals surface area contributed by atoms with Crippen LogP contribution in [0.2, 0.25) is 36.3 Å². The summed E-state index contributed by atoms with van der Waals surface area (Å²) in [4.78, 5) is 12.4. The molecule has 0 aliphatic heterocycles. The molecule has 2 rings (SSSR count). The highest BCUT2D eigenvalue weighted by molar-refractivity contribution is 6.74. The SMILES string of the molecule is C[C@H]1C(=O)C=C2[C@H]1CC[C@H](O[Si](C)(C)C(C)(C)C)[C@H]2O[Si](C)(C)C(C)(C)C. The predicted molar refractivity (Wildman–Crippen MR) is 119 cm³/mol. The van der Waals surface area contributed by atoms with Gasteiger partial charge in [-0.2, -0.15) is 0 Å². The van der Waals surface area contributed by atoms with E-state index in [9.17, 15) is 4.79 Å². The zero-order valence-corrected chi connectivity index (χ0v) is 21.5. The van der Waals surface area contributed by atoms with Crippen LogP contribution in [0.15, 0.2) is 11.6 Å². The van der Waals surface area contributed by atoms with Crippen LogP contribution in [0.5, 0.6) is 0 Å². The van der Waals surface area contributed by atoms with E-state index >= 15 is 0 Å². The van der Waals surface area contributed by atoms with E-state index in [4.69, 9.17) is 8.85 Å². The molecule has 0 saturated heterocycles. The van der Waals surface area contributed by atoms with Crippen molar-refractivity contribution in [2.24, 2.45) is 11.8 Å². The van der Waals surface area contributed by atoms with Crippen LogP contribution in [-0.2, 0) is 13.6 Å². The Hall–Kier alpha value is -0.236. The minimum absolute atomic E-state index is 0.0623. The molecule has 1 fully saturated rings. The fourth-order valence-corrected chi connectivity index (χ4v) is 6.25. The van der Waals surface area contributed by atoms with Crippen molar-refractivity contribution in [3.05, 3.63) is 11.6 Å². The molecule has 0 aromatic heterocycles. The number of carbonyl (C=O) groups is 1. The van der Waals surface area contributed by atoms with Gasteiger partial charge in [0.05, 0.1) is 12.2 Å². The van der Waals surface area contributed by atoms with Crippen molar-refractivity contribution in [2.45, 2.75) is 110 Å². The van der Waals surface area contributed by atoms with Crippen molar-refractivity contribution in [1.82, 2.24) is 0 Å². The van der Waals surface area contributed by atoms with Crippen molar-refractivity contribution < 1.29 is 13.6 Å². The highest BCUT2D eigenvalue weighted by Crippen LogP contribution is 2.48. The minimum Gasteiger partial charge on any atom is -0.411 e. The third-order valence-corrected chi connectivity index (χ3v) is 16.7. The lowest BCUT2D eigenvalue weighted by molar-refractivity contribution is -0.118. The van der Waals surface area contributed by atoms with E-state index < -0.39 is 16.6 Å². The number of hydrogen-bond donors (Lipinski definition) is 0. The summed E-state index contributed by atoms with van der Waals surface area (Å²) in [5.41, 5.74) is 1.22. The van der Waals surface area contributed by atoms with Crippen LogP contribution in [0, 0.1) is 11.8 Å². The molecule has 0 amide bonds. The van der Waals surface area contributed by atoms with Gasteiger partial charge in [0.2, 0.25) is 0 Å². The molecule has 4 atom stereocenters. The van der Waals surface area contributed by atoms with Crippen molar-refractivity contribution in [1.29, 1.82) is 0 Å². The minimum atomic E-state index is -1.98. The summed E-state index contributed by atoms with van der Waals surface area (Å²) in [5, 5.41) is 0.300.